The fourth-order valence-corrected chi connectivity index (χ4v) is 3.09. The molecule has 4 rings (SSSR count). The van der Waals surface area contributed by atoms with Crippen LogP contribution in [0.1, 0.15) is 12.1 Å². The molecule has 0 saturated heterocycles. The van der Waals surface area contributed by atoms with Crippen molar-refractivity contribution in [3.8, 4) is 28.4 Å². The van der Waals surface area contributed by atoms with Gasteiger partial charge in [0.25, 0.3) is 6.43 Å². The zero-order chi connectivity index (χ0) is 18.3. The van der Waals surface area contributed by atoms with E-state index in [9.17, 15) is 13.0 Å². The molecule has 26 heavy (non-hydrogen) atoms. The van der Waals surface area contributed by atoms with Crippen molar-refractivity contribution in [2.45, 2.75) is 11.3 Å². The van der Waals surface area contributed by atoms with Crippen molar-refractivity contribution in [3.05, 3.63) is 54.2 Å². The Morgan fingerprint density at radius 1 is 1.08 bits per heavy atom. The lowest BCUT2D eigenvalue weighted by Gasteiger charge is -2.09. The van der Waals surface area contributed by atoms with Gasteiger partial charge in [-0.15, -0.1) is 0 Å². The largest absolute Gasteiger partial charge is 0.454 e. The molecule has 1 atom stereocenters. The Bertz CT molecular complexity index is 989. The third-order valence-corrected chi connectivity index (χ3v) is 4.67. The summed E-state index contributed by atoms with van der Waals surface area (Å²) in [4.78, 5) is 0.430. The van der Waals surface area contributed by atoms with Crippen LogP contribution >= 0.6 is 0 Å². The number of benzene rings is 2. The summed E-state index contributed by atoms with van der Waals surface area (Å²) < 4.78 is 49.8. The summed E-state index contributed by atoms with van der Waals surface area (Å²) in [5.74, 6) is 1.14. The fourth-order valence-electron chi connectivity index (χ4n) is 2.69. The predicted octanol–water partition coefficient (Wildman–Crippen LogP) is 3.19. The van der Waals surface area contributed by atoms with Crippen LogP contribution in [0.4, 0.5) is 8.78 Å². The van der Waals surface area contributed by atoms with Gasteiger partial charge in [-0.1, -0.05) is 0 Å². The lowest BCUT2D eigenvalue weighted by atomic mass is 10.1. The molecule has 1 aromatic heterocycles. The van der Waals surface area contributed by atoms with E-state index in [4.69, 9.17) is 14.6 Å². The number of aromatic nitrogens is 2. The molecule has 0 aliphatic carbocycles. The van der Waals surface area contributed by atoms with E-state index in [0.717, 1.165) is 0 Å². The molecule has 0 amide bonds. The fraction of sp³-hybridized carbons (Fsp3) is 0.118. The van der Waals surface area contributed by atoms with Crippen LogP contribution in [0, 0.1) is 0 Å². The summed E-state index contributed by atoms with van der Waals surface area (Å²) in [7, 11) is -1.62. The molecular formula is C17H13F2N3O3S. The molecule has 0 bridgehead atoms. The number of hydrogen-bond donors (Lipinski definition) is 1. The Labute approximate surface area is 149 Å². The summed E-state index contributed by atoms with van der Waals surface area (Å²) in [5, 5.41) is 9.36. The van der Waals surface area contributed by atoms with Gasteiger partial charge in [-0.2, -0.15) is 5.10 Å². The van der Waals surface area contributed by atoms with Gasteiger partial charge in [-0.25, -0.2) is 22.8 Å². The second-order valence-corrected chi connectivity index (χ2v) is 6.59. The van der Waals surface area contributed by atoms with E-state index in [1.54, 1.807) is 42.5 Å². The Morgan fingerprint density at radius 2 is 1.81 bits per heavy atom. The maximum atomic E-state index is 13.2. The zero-order valence-electron chi connectivity index (χ0n) is 13.3. The summed E-state index contributed by atoms with van der Waals surface area (Å²) >= 11 is 0. The van der Waals surface area contributed by atoms with E-state index in [-0.39, 0.29) is 12.5 Å². The molecule has 2 heterocycles. The third kappa shape index (κ3) is 2.95. The summed E-state index contributed by atoms with van der Waals surface area (Å²) in [6.45, 7) is 0.123. The summed E-state index contributed by atoms with van der Waals surface area (Å²) in [5.41, 5.74) is 1.32. The van der Waals surface area contributed by atoms with Crippen molar-refractivity contribution >= 4 is 11.0 Å². The van der Waals surface area contributed by atoms with Crippen molar-refractivity contribution in [3.63, 3.8) is 0 Å². The van der Waals surface area contributed by atoms with Crippen molar-refractivity contribution in [2.75, 3.05) is 6.79 Å². The molecule has 1 aliphatic heterocycles. The molecule has 9 heteroatoms. The van der Waals surface area contributed by atoms with Gasteiger partial charge < -0.3 is 9.47 Å². The highest BCUT2D eigenvalue weighted by Gasteiger charge is 2.20. The molecule has 1 aliphatic rings. The molecule has 0 fully saturated rings. The smallest absolute Gasteiger partial charge is 0.282 e. The minimum atomic E-state index is -2.71. The van der Waals surface area contributed by atoms with E-state index >= 15 is 0 Å². The van der Waals surface area contributed by atoms with Crippen LogP contribution in [-0.4, -0.2) is 20.8 Å². The van der Waals surface area contributed by atoms with Crippen LogP contribution in [0.3, 0.4) is 0 Å². The molecule has 2 N–H and O–H groups in total. The molecule has 0 spiro atoms. The first-order valence-corrected chi connectivity index (χ1v) is 8.79. The number of alkyl halides is 2. The van der Waals surface area contributed by atoms with Crippen LogP contribution in [0.2, 0.25) is 0 Å². The minimum absolute atomic E-state index is 0.123. The van der Waals surface area contributed by atoms with E-state index in [1.807, 2.05) is 0 Å². The standard InChI is InChI=1S/C17H13F2N3O3S/c18-17(19)13-8-14(10-1-6-15-16(7-10)25-9-24-15)22(21-13)11-2-4-12(5-3-11)26(20)23/h1-8,17H,9,20H2. The van der Waals surface area contributed by atoms with Crippen LogP contribution in [0.25, 0.3) is 16.9 Å². The normalized spacial score (nSPS) is 14.0. The Kier molecular flexibility index (Phi) is 4.17. The number of rotatable bonds is 4. The summed E-state index contributed by atoms with van der Waals surface area (Å²) in [6.07, 6.45) is -2.71. The molecule has 3 aromatic rings. The number of ether oxygens (including phenoxy) is 2. The van der Waals surface area contributed by atoms with Gasteiger partial charge in [0.1, 0.15) is 16.7 Å². The van der Waals surface area contributed by atoms with E-state index in [0.29, 0.717) is 33.3 Å². The van der Waals surface area contributed by atoms with Crippen molar-refractivity contribution in [1.82, 2.24) is 9.78 Å². The maximum absolute atomic E-state index is 13.2. The number of halogens is 2. The molecule has 1 unspecified atom stereocenters. The number of nitrogens with two attached hydrogens (primary N) is 1. The highest BCUT2D eigenvalue weighted by Crippen LogP contribution is 2.37. The van der Waals surface area contributed by atoms with Gasteiger partial charge in [0.05, 0.1) is 16.3 Å². The Morgan fingerprint density at radius 3 is 2.50 bits per heavy atom. The van der Waals surface area contributed by atoms with Crippen LogP contribution in [0.5, 0.6) is 11.5 Å². The SMILES string of the molecule is NS(=O)c1ccc(-n2nc(C(F)F)cc2-c2ccc3c(c2)OCO3)cc1. The minimum Gasteiger partial charge on any atom is -0.454 e. The topological polar surface area (TPSA) is 79.4 Å². The molecule has 0 radical (unpaired) electrons. The maximum Gasteiger partial charge on any atom is 0.282 e. The van der Waals surface area contributed by atoms with Crippen LogP contribution in [0.15, 0.2) is 53.4 Å². The molecular weight excluding hydrogens is 364 g/mol. The number of nitrogens with zero attached hydrogens (tertiary/aromatic N) is 2. The summed E-state index contributed by atoms with van der Waals surface area (Å²) in [6, 6.07) is 12.9. The molecule has 0 saturated carbocycles. The van der Waals surface area contributed by atoms with Gasteiger partial charge >= 0.3 is 0 Å². The van der Waals surface area contributed by atoms with Crippen LogP contribution in [-0.2, 0) is 11.0 Å². The van der Waals surface area contributed by atoms with Crippen molar-refractivity contribution in [1.29, 1.82) is 0 Å². The monoisotopic (exact) mass is 377 g/mol. The highest BCUT2D eigenvalue weighted by atomic mass is 32.2. The Hall–Kier alpha value is -2.78. The highest BCUT2D eigenvalue weighted by molar-refractivity contribution is 7.82. The predicted molar refractivity (Wildman–Crippen MR) is 90.7 cm³/mol. The molecule has 134 valence electrons. The first-order chi connectivity index (χ1) is 12.5. The lowest BCUT2D eigenvalue weighted by molar-refractivity contribution is 0.145. The third-order valence-electron chi connectivity index (χ3n) is 3.93. The van der Waals surface area contributed by atoms with Crippen molar-refractivity contribution < 1.29 is 22.5 Å². The number of fused-ring (bicyclic) bond motifs is 1. The van der Waals surface area contributed by atoms with E-state index in [2.05, 4.69) is 5.10 Å². The zero-order valence-corrected chi connectivity index (χ0v) is 14.1. The lowest BCUT2D eigenvalue weighted by Crippen LogP contribution is -2.04. The quantitative estimate of drug-likeness (QED) is 0.757. The van der Waals surface area contributed by atoms with Gasteiger partial charge in [-0.3, -0.25) is 0 Å². The second-order valence-electron chi connectivity index (χ2n) is 5.53. The van der Waals surface area contributed by atoms with Crippen LogP contribution < -0.4 is 14.6 Å². The van der Waals surface area contributed by atoms with Crippen molar-refractivity contribution in [2.24, 2.45) is 5.14 Å². The van der Waals surface area contributed by atoms with E-state index in [1.165, 1.54) is 10.7 Å². The number of hydrogen-bond acceptors (Lipinski definition) is 4. The first-order valence-electron chi connectivity index (χ1n) is 7.57. The van der Waals surface area contributed by atoms with Gasteiger partial charge in [0.15, 0.2) is 11.5 Å². The van der Waals surface area contributed by atoms with E-state index < -0.39 is 17.4 Å². The second kappa shape index (κ2) is 6.50. The van der Waals surface area contributed by atoms with Gasteiger partial charge in [-0.05, 0) is 48.5 Å². The van der Waals surface area contributed by atoms with Gasteiger partial charge in [0.2, 0.25) is 6.79 Å². The average molecular weight is 377 g/mol. The Balaban J connectivity index is 1.82. The molecule has 2 aromatic carbocycles. The van der Waals surface area contributed by atoms with Gasteiger partial charge in [0, 0.05) is 5.56 Å². The average Bonchev–Trinajstić information content (AvgIpc) is 3.28. The first kappa shape index (κ1) is 16.7. The molecule has 6 nitrogen and oxygen atoms in total.